The minimum Gasteiger partial charge on any atom is -0.457 e. The molecular formula is C15H11ClO2. The number of ether oxygens (including phenoxy) is 1. The zero-order chi connectivity index (χ0) is 12.5. The molecule has 0 fully saturated rings. The van der Waals surface area contributed by atoms with E-state index < -0.39 is 0 Å². The molecule has 1 heterocycles. The first-order valence-corrected chi connectivity index (χ1v) is 6.29. The van der Waals surface area contributed by atoms with Crippen molar-refractivity contribution in [1.29, 1.82) is 0 Å². The van der Waals surface area contributed by atoms with Crippen LogP contribution in [0.1, 0.15) is 17.0 Å². The van der Waals surface area contributed by atoms with Gasteiger partial charge in [0.1, 0.15) is 11.5 Å². The fraction of sp³-hybridized carbons (Fsp3) is 0.133. The van der Waals surface area contributed by atoms with Crippen LogP contribution in [0, 0.1) is 0 Å². The van der Waals surface area contributed by atoms with Gasteiger partial charge in [0.15, 0.2) is 5.78 Å². The van der Waals surface area contributed by atoms with Crippen molar-refractivity contribution in [3.63, 3.8) is 0 Å². The standard InChI is InChI=1S/C15H11ClO2/c16-9-12(17)15-10-5-1-3-7-13(10)18-14-8-4-2-6-11(14)15/h1-8,15H,9H2. The molecule has 0 N–H and O–H groups in total. The third-order valence-electron chi connectivity index (χ3n) is 3.13. The third-order valence-corrected chi connectivity index (χ3v) is 3.40. The highest BCUT2D eigenvalue weighted by Gasteiger charge is 2.31. The van der Waals surface area contributed by atoms with E-state index in [1.165, 1.54) is 0 Å². The van der Waals surface area contributed by atoms with Crippen molar-refractivity contribution < 1.29 is 9.53 Å². The van der Waals surface area contributed by atoms with E-state index in [9.17, 15) is 4.79 Å². The molecule has 0 radical (unpaired) electrons. The fourth-order valence-corrected chi connectivity index (χ4v) is 2.49. The number of alkyl halides is 1. The number of ketones is 1. The number of rotatable bonds is 2. The van der Waals surface area contributed by atoms with Crippen LogP contribution in [0.25, 0.3) is 0 Å². The lowest BCUT2D eigenvalue weighted by atomic mass is 9.85. The van der Waals surface area contributed by atoms with Gasteiger partial charge in [-0.25, -0.2) is 0 Å². The zero-order valence-electron chi connectivity index (χ0n) is 9.60. The summed E-state index contributed by atoms with van der Waals surface area (Å²) in [5.41, 5.74) is 1.78. The summed E-state index contributed by atoms with van der Waals surface area (Å²) in [5.74, 6) is 1.16. The molecule has 0 spiro atoms. The second-order valence-corrected chi connectivity index (χ2v) is 4.48. The van der Waals surface area contributed by atoms with Gasteiger partial charge in [-0.05, 0) is 12.1 Å². The van der Waals surface area contributed by atoms with Crippen molar-refractivity contribution in [2.24, 2.45) is 0 Å². The fourth-order valence-electron chi connectivity index (χ4n) is 2.33. The van der Waals surface area contributed by atoms with E-state index in [4.69, 9.17) is 16.3 Å². The molecule has 0 saturated carbocycles. The summed E-state index contributed by atoms with van der Waals surface area (Å²) >= 11 is 5.73. The third kappa shape index (κ3) is 1.70. The topological polar surface area (TPSA) is 26.3 Å². The Morgan fingerprint density at radius 3 is 2.00 bits per heavy atom. The molecule has 1 aliphatic heterocycles. The first-order valence-electron chi connectivity index (χ1n) is 5.75. The Balaban J connectivity index is 2.20. The Morgan fingerprint density at radius 1 is 1.00 bits per heavy atom. The Labute approximate surface area is 110 Å². The summed E-state index contributed by atoms with van der Waals surface area (Å²) in [7, 11) is 0. The van der Waals surface area contributed by atoms with E-state index in [-0.39, 0.29) is 17.6 Å². The molecule has 0 amide bonds. The molecule has 3 rings (SSSR count). The van der Waals surface area contributed by atoms with E-state index in [0.717, 1.165) is 22.6 Å². The number of para-hydroxylation sites is 2. The predicted octanol–water partition coefficient (Wildman–Crippen LogP) is 3.73. The number of carbonyl (C=O) groups is 1. The van der Waals surface area contributed by atoms with E-state index in [1.807, 2.05) is 48.5 Å². The van der Waals surface area contributed by atoms with Crippen molar-refractivity contribution in [2.45, 2.75) is 5.92 Å². The molecule has 2 aromatic carbocycles. The average molecular weight is 259 g/mol. The van der Waals surface area contributed by atoms with Gasteiger partial charge in [0.05, 0.1) is 11.8 Å². The van der Waals surface area contributed by atoms with Crippen molar-refractivity contribution in [3.05, 3.63) is 59.7 Å². The maximum Gasteiger partial charge on any atom is 0.159 e. The molecule has 0 saturated heterocycles. The summed E-state index contributed by atoms with van der Waals surface area (Å²) in [6.45, 7) is 0. The van der Waals surface area contributed by atoms with Crippen LogP contribution < -0.4 is 4.74 Å². The molecule has 0 atom stereocenters. The Hall–Kier alpha value is -1.80. The minimum atomic E-state index is -0.316. The molecule has 18 heavy (non-hydrogen) atoms. The van der Waals surface area contributed by atoms with Gasteiger partial charge in [0, 0.05) is 11.1 Å². The highest BCUT2D eigenvalue weighted by Crippen LogP contribution is 2.44. The smallest absolute Gasteiger partial charge is 0.159 e. The molecule has 2 nitrogen and oxygen atoms in total. The second kappa shape index (κ2) is 4.46. The number of Topliss-reactive ketones (excluding diaryl/α,β-unsaturated/α-hetero) is 1. The summed E-state index contributed by atoms with van der Waals surface area (Å²) in [5, 5.41) is 0. The molecule has 2 aromatic rings. The van der Waals surface area contributed by atoms with E-state index in [2.05, 4.69) is 0 Å². The predicted molar refractivity (Wildman–Crippen MR) is 70.5 cm³/mol. The van der Waals surface area contributed by atoms with E-state index >= 15 is 0 Å². The number of benzene rings is 2. The first kappa shape index (κ1) is 11.3. The van der Waals surface area contributed by atoms with Gasteiger partial charge < -0.3 is 4.74 Å². The van der Waals surface area contributed by atoms with Gasteiger partial charge in [-0.3, -0.25) is 4.79 Å². The highest BCUT2D eigenvalue weighted by molar-refractivity contribution is 6.28. The number of hydrogen-bond acceptors (Lipinski definition) is 2. The number of carbonyl (C=O) groups excluding carboxylic acids is 1. The maximum atomic E-state index is 12.1. The number of fused-ring (bicyclic) bond motifs is 2. The van der Waals surface area contributed by atoms with Gasteiger partial charge in [0.2, 0.25) is 0 Å². The molecule has 90 valence electrons. The van der Waals surface area contributed by atoms with Crippen molar-refractivity contribution in [1.82, 2.24) is 0 Å². The van der Waals surface area contributed by atoms with Gasteiger partial charge in [0.25, 0.3) is 0 Å². The van der Waals surface area contributed by atoms with Gasteiger partial charge in [-0.15, -0.1) is 11.6 Å². The van der Waals surface area contributed by atoms with Crippen LogP contribution in [0.3, 0.4) is 0 Å². The highest BCUT2D eigenvalue weighted by atomic mass is 35.5. The largest absolute Gasteiger partial charge is 0.457 e. The first-order chi connectivity index (χ1) is 8.81. The monoisotopic (exact) mass is 258 g/mol. The zero-order valence-corrected chi connectivity index (χ0v) is 10.4. The maximum absolute atomic E-state index is 12.1. The summed E-state index contributed by atoms with van der Waals surface area (Å²) in [6, 6.07) is 15.2. The normalized spacial score (nSPS) is 13.4. The van der Waals surface area contributed by atoms with Gasteiger partial charge in [-0.2, -0.15) is 0 Å². The van der Waals surface area contributed by atoms with Crippen LogP contribution in [0.15, 0.2) is 48.5 Å². The van der Waals surface area contributed by atoms with Crippen molar-refractivity contribution >= 4 is 17.4 Å². The quantitative estimate of drug-likeness (QED) is 0.767. The summed E-state index contributed by atoms with van der Waals surface area (Å²) in [6.07, 6.45) is 0. The van der Waals surface area contributed by atoms with E-state index in [0.29, 0.717) is 0 Å². The van der Waals surface area contributed by atoms with Crippen LogP contribution in [0.2, 0.25) is 0 Å². The van der Waals surface area contributed by atoms with Gasteiger partial charge in [-0.1, -0.05) is 36.4 Å². The second-order valence-electron chi connectivity index (χ2n) is 4.21. The molecule has 0 aromatic heterocycles. The lowest BCUT2D eigenvalue weighted by molar-refractivity contribution is -0.117. The molecule has 0 unspecified atom stereocenters. The minimum absolute atomic E-state index is 0.000123. The Morgan fingerprint density at radius 2 is 1.50 bits per heavy atom. The molecule has 3 heteroatoms. The van der Waals surface area contributed by atoms with Crippen molar-refractivity contribution in [2.75, 3.05) is 5.88 Å². The number of halogens is 1. The molecule has 1 aliphatic rings. The summed E-state index contributed by atoms with van der Waals surface area (Å²) in [4.78, 5) is 12.1. The molecular weight excluding hydrogens is 248 g/mol. The van der Waals surface area contributed by atoms with Crippen LogP contribution >= 0.6 is 11.6 Å². The van der Waals surface area contributed by atoms with Crippen LogP contribution in [-0.4, -0.2) is 11.7 Å². The Kier molecular flexibility index (Phi) is 2.80. The molecule has 0 bridgehead atoms. The lowest BCUT2D eigenvalue weighted by Crippen LogP contribution is -2.19. The van der Waals surface area contributed by atoms with Gasteiger partial charge >= 0.3 is 0 Å². The lowest BCUT2D eigenvalue weighted by Gasteiger charge is -2.26. The van der Waals surface area contributed by atoms with Crippen molar-refractivity contribution in [3.8, 4) is 11.5 Å². The SMILES string of the molecule is O=C(CCl)C1c2ccccc2Oc2ccccc21. The van der Waals surface area contributed by atoms with Crippen LogP contribution in [0.5, 0.6) is 11.5 Å². The van der Waals surface area contributed by atoms with E-state index in [1.54, 1.807) is 0 Å². The van der Waals surface area contributed by atoms with Crippen LogP contribution in [0.4, 0.5) is 0 Å². The number of hydrogen-bond donors (Lipinski definition) is 0. The van der Waals surface area contributed by atoms with Crippen LogP contribution in [-0.2, 0) is 4.79 Å². The average Bonchev–Trinajstić information content (AvgIpc) is 2.44. The summed E-state index contributed by atoms with van der Waals surface area (Å²) < 4.78 is 5.81. The Bertz CT molecular complexity index is 561. The molecule has 0 aliphatic carbocycles.